The molecule has 0 radical (unpaired) electrons. The fourth-order valence-corrected chi connectivity index (χ4v) is 2.75. The van der Waals surface area contributed by atoms with Gasteiger partial charge < -0.3 is 14.8 Å². The van der Waals surface area contributed by atoms with Crippen LogP contribution in [0.1, 0.15) is 23.2 Å². The molecule has 106 valence electrons. The van der Waals surface area contributed by atoms with E-state index in [-0.39, 0.29) is 11.3 Å². The molecular weight excluding hydrogens is 260 g/mol. The molecule has 1 unspecified atom stereocenters. The molecule has 0 bridgehead atoms. The predicted molar refractivity (Wildman–Crippen MR) is 73.1 cm³/mol. The number of carbonyl (C=O) groups is 1. The van der Waals surface area contributed by atoms with Crippen molar-refractivity contribution >= 4 is 17.0 Å². The summed E-state index contributed by atoms with van der Waals surface area (Å²) in [6.45, 7) is 1.99. The zero-order chi connectivity index (χ0) is 14.1. The summed E-state index contributed by atoms with van der Waals surface area (Å²) in [6.07, 6.45) is 2.03. The van der Waals surface area contributed by atoms with E-state index >= 15 is 0 Å². The van der Waals surface area contributed by atoms with E-state index in [1.165, 1.54) is 6.07 Å². The van der Waals surface area contributed by atoms with Gasteiger partial charge in [0, 0.05) is 19.1 Å². The smallest absolute Gasteiger partial charge is 0.337 e. The van der Waals surface area contributed by atoms with Crippen molar-refractivity contribution in [1.29, 1.82) is 0 Å². The summed E-state index contributed by atoms with van der Waals surface area (Å²) in [6, 6.07) is 4.92. The van der Waals surface area contributed by atoms with Crippen molar-refractivity contribution < 1.29 is 14.6 Å². The number of imidazole rings is 1. The van der Waals surface area contributed by atoms with Crippen LogP contribution in [0.15, 0.2) is 23.0 Å². The Morgan fingerprint density at radius 2 is 2.35 bits per heavy atom. The summed E-state index contributed by atoms with van der Waals surface area (Å²) in [7, 11) is 0. The first-order chi connectivity index (χ1) is 9.66. The van der Waals surface area contributed by atoms with Crippen molar-refractivity contribution in [3.05, 3.63) is 34.2 Å². The Kier molecular flexibility index (Phi) is 3.31. The molecule has 2 heterocycles. The molecular formula is C14H16N2O4. The molecule has 2 N–H and O–H groups in total. The van der Waals surface area contributed by atoms with Gasteiger partial charge in [-0.05, 0) is 25.0 Å². The van der Waals surface area contributed by atoms with Crippen LogP contribution in [0.2, 0.25) is 0 Å². The Bertz CT molecular complexity index is 695. The number of para-hydroxylation sites is 1. The first-order valence-corrected chi connectivity index (χ1v) is 6.69. The molecule has 0 spiro atoms. The fourth-order valence-electron chi connectivity index (χ4n) is 2.75. The molecule has 1 aromatic carbocycles. The fraction of sp³-hybridized carbons (Fsp3) is 0.429. The molecule has 6 heteroatoms. The van der Waals surface area contributed by atoms with E-state index in [1.54, 1.807) is 16.7 Å². The van der Waals surface area contributed by atoms with Crippen LogP contribution in [0.4, 0.5) is 0 Å². The average Bonchev–Trinajstić information content (AvgIpc) is 2.76. The lowest BCUT2D eigenvalue weighted by Crippen LogP contribution is -2.27. The van der Waals surface area contributed by atoms with E-state index in [1.807, 2.05) is 0 Å². The molecule has 0 aliphatic carbocycles. The Balaban J connectivity index is 2.02. The van der Waals surface area contributed by atoms with E-state index in [2.05, 4.69) is 4.98 Å². The SMILES string of the molecule is O=C(O)c1cccc2c1[nH]c(=O)n2CC1CCCOC1. The van der Waals surface area contributed by atoms with Crippen molar-refractivity contribution in [2.45, 2.75) is 19.4 Å². The summed E-state index contributed by atoms with van der Waals surface area (Å²) in [4.78, 5) is 25.9. The first kappa shape index (κ1) is 12.9. The number of nitrogens with zero attached hydrogens (tertiary/aromatic N) is 1. The van der Waals surface area contributed by atoms with Crippen LogP contribution in [-0.2, 0) is 11.3 Å². The number of ether oxygens (including phenoxy) is 1. The largest absolute Gasteiger partial charge is 0.478 e. The van der Waals surface area contributed by atoms with Crippen LogP contribution >= 0.6 is 0 Å². The Labute approximate surface area is 115 Å². The maximum absolute atomic E-state index is 12.1. The monoisotopic (exact) mass is 276 g/mol. The summed E-state index contributed by atoms with van der Waals surface area (Å²) in [5.41, 5.74) is 0.889. The normalized spacial score (nSPS) is 19.3. The molecule has 6 nitrogen and oxygen atoms in total. The number of fused-ring (bicyclic) bond motifs is 1. The Morgan fingerprint density at radius 3 is 3.05 bits per heavy atom. The number of benzene rings is 1. The van der Waals surface area contributed by atoms with Gasteiger partial charge in [-0.2, -0.15) is 0 Å². The van der Waals surface area contributed by atoms with E-state index in [4.69, 9.17) is 9.84 Å². The predicted octanol–water partition coefficient (Wildman–Crippen LogP) is 1.45. The minimum Gasteiger partial charge on any atom is -0.478 e. The van der Waals surface area contributed by atoms with Crippen molar-refractivity contribution in [2.24, 2.45) is 5.92 Å². The van der Waals surface area contributed by atoms with Gasteiger partial charge >= 0.3 is 11.7 Å². The van der Waals surface area contributed by atoms with Gasteiger partial charge in [0.2, 0.25) is 0 Å². The van der Waals surface area contributed by atoms with Crippen LogP contribution in [0.25, 0.3) is 11.0 Å². The molecule has 1 saturated heterocycles. The number of nitrogens with one attached hydrogen (secondary N) is 1. The highest BCUT2D eigenvalue weighted by atomic mass is 16.5. The van der Waals surface area contributed by atoms with Gasteiger partial charge in [0.25, 0.3) is 0 Å². The number of aromatic carboxylic acids is 1. The molecule has 20 heavy (non-hydrogen) atoms. The highest BCUT2D eigenvalue weighted by Gasteiger charge is 2.19. The molecule has 1 aliphatic rings. The summed E-state index contributed by atoms with van der Waals surface area (Å²) < 4.78 is 7.04. The zero-order valence-electron chi connectivity index (χ0n) is 11.0. The van der Waals surface area contributed by atoms with Crippen LogP contribution in [-0.4, -0.2) is 33.8 Å². The third kappa shape index (κ3) is 2.22. The van der Waals surface area contributed by atoms with Crippen molar-refractivity contribution in [3.63, 3.8) is 0 Å². The van der Waals surface area contributed by atoms with Crippen LogP contribution < -0.4 is 5.69 Å². The summed E-state index contributed by atoms with van der Waals surface area (Å²) in [5, 5.41) is 9.15. The standard InChI is InChI=1S/C14H16N2O4/c17-13(18)10-4-1-5-11-12(10)15-14(19)16(11)7-9-3-2-6-20-8-9/h1,4-5,9H,2-3,6-8H2,(H,15,19)(H,17,18). The highest BCUT2D eigenvalue weighted by molar-refractivity contribution is 6.00. The van der Waals surface area contributed by atoms with Crippen LogP contribution in [0.3, 0.4) is 0 Å². The summed E-state index contributed by atoms with van der Waals surface area (Å²) in [5.74, 6) is -0.737. The number of hydrogen-bond donors (Lipinski definition) is 2. The third-order valence-electron chi connectivity index (χ3n) is 3.74. The summed E-state index contributed by atoms with van der Waals surface area (Å²) >= 11 is 0. The minimum atomic E-state index is -1.04. The number of hydrogen-bond acceptors (Lipinski definition) is 3. The third-order valence-corrected chi connectivity index (χ3v) is 3.74. The molecule has 1 aliphatic heterocycles. The van der Waals surface area contributed by atoms with Crippen molar-refractivity contribution in [2.75, 3.05) is 13.2 Å². The zero-order valence-corrected chi connectivity index (χ0v) is 11.0. The topological polar surface area (TPSA) is 84.3 Å². The maximum Gasteiger partial charge on any atom is 0.337 e. The van der Waals surface area contributed by atoms with Crippen molar-refractivity contribution in [1.82, 2.24) is 9.55 Å². The average molecular weight is 276 g/mol. The molecule has 0 amide bonds. The van der Waals surface area contributed by atoms with Gasteiger partial charge in [-0.1, -0.05) is 6.07 Å². The molecule has 1 atom stereocenters. The van der Waals surface area contributed by atoms with Crippen molar-refractivity contribution in [3.8, 4) is 0 Å². The molecule has 1 fully saturated rings. The van der Waals surface area contributed by atoms with E-state index < -0.39 is 5.97 Å². The second-order valence-corrected chi connectivity index (χ2v) is 5.13. The lowest BCUT2D eigenvalue weighted by atomic mass is 10.0. The molecule has 0 saturated carbocycles. The van der Waals surface area contributed by atoms with E-state index in [0.29, 0.717) is 30.1 Å². The minimum absolute atomic E-state index is 0.123. The quantitative estimate of drug-likeness (QED) is 0.888. The lowest BCUT2D eigenvalue weighted by molar-refractivity contribution is 0.0484. The number of H-pyrrole nitrogens is 1. The molecule has 2 aromatic rings. The van der Waals surface area contributed by atoms with Crippen LogP contribution in [0.5, 0.6) is 0 Å². The molecule has 3 rings (SSSR count). The second kappa shape index (κ2) is 5.13. The Hall–Kier alpha value is -2.08. The van der Waals surface area contributed by atoms with E-state index in [0.717, 1.165) is 19.4 Å². The first-order valence-electron chi connectivity index (χ1n) is 6.69. The highest BCUT2D eigenvalue weighted by Crippen LogP contribution is 2.20. The molecule has 1 aromatic heterocycles. The van der Waals surface area contributed by atoms with E-state index in [9.17, 15) is 9.59 Å². The number of carboxylic acids is 1. The Morgan fingerprint density at radius 1 is 1.50 bits per heavy atom. The van der Waals surface area contributed by atoms with Gasteiger partial charge in [0.05, 0.1) is 23.2 Å². The van der Waals surface area contributed by atoms with Gasteiger partial charge in [-0.3, -0.25) is 4.57 Å². The number of aromatic amines is 1. The number of carboxylic acid groups (broad SMARTS) is 1. The van der Waals surface area contributed by atoms with Crippen LogP contribution in [0, 0.1) is 5.92 Å². The second-order valence-electron chi connectivity index (χ2n) is 5.13. The number of rotatable bonds is 3. The maximum atomic E-state index is 12.1. The van der Waals surface area contributed by atoms with Gasteiger partial charge in [-0.25, -0.2) is 9.59 Å². The van der Waals surface area contributed by atoms with Gasteiger partial charge in [-0.15, -0.1) is 0 Å². The van der Waals surface area contributed by atoms with Gasteiger partial charge in [0.15, 0.2) is 0 Å². The lowest BCUT2D eigenvalue weighted by Gasteiger charge is -2.22. The number of aromatic nitrogens is 2. The van der Waals surface area contributed by atoms with Gasteiger partial charge in [0.1, 0.15) is 0 Å².